The van der Waals surface area contributed by atoms with Crippen LogP contribution in [0.5, 0.6) is 5.75 Å². The van der Waals surface area contributed by atoms with Crippen LogP contribution in [0.15, 0.2) is 36.6 Å². The Hall–Kier alpha value is -1.88. The summed E-state index contributed by atoms with van der Waals surface area (Å²) in [5, 5.41) is 12.9. The maximum Gasteiger partial charge on any atom is 0.185 e. The van der Waals surface area contributed by atoms with E-state index < -0.39 is 11.8 Å². The first kappa shape index (κ1) is 11.2. The van der Waals surface area contributed by atoms with Gasteiger partial charge in [-0.15, -0.1) is 0 Å². The molecule has 2 N–H and O–H groups in total. The third kappa shape index (κ3) is 1.67. The number of allylic oxidation sites excluding steroid dienone is 2. The van der Waals surface area contributed by atoms with Crippen molar-refractivity contribution in [3.8, 4) is 5.75 Å². The molecule has 4 nitrogen and oxygen atoms in total. The molecule has 1 aliphatic heterocycles. The Labute approximate surface area is 104 Å². The average Bonchev–Trinajstić information content (AvgIpc) is 2.42. The lowest BCUT2D eigenvalue weighted by Gasteiger charge is -2.28. The average molecular weight is 248 g/mol. The maximum absolute atomic E-state index is 14.8. The number of ether oxygens (including phenoxy) is 1. The summed E-state index contributed by atoms with van der Waals surface area (Å²) in [5.41, 5.74) is -1.66. The summed E-state index contributed by atoms with van der Waals surface area (Å²) in [6.45, 7) is 1.21. The Morgan fingerprint density at radius 1 is 1.50 bits per heavy atom. The minimum absolute atomic E-state index is 0.290. The van der Waals surface area contributed by atoms with Gasteiger partial charge < -0.3 is 15.2 Å². The van der Waals surface area contributed by atoms with Crippen LogP contribution in [-0.2, 0) is 5.67 Å². The van der Waals surface area contributed by atoms with Crippen LogP contribution in [0.2, 0.25) is 0 Å². The van der Waals surface area contributed by atoms with Crippen LogP contribution in [-0.4, -0.2) is 29.3 Å². The van der Waals surface area contributed by atoms with E-state index in [1.54, 1.807) is 18.2 Å². The lowest BCUT2D eigenvalue weighted by molar-refractivity contribution is 0.0545. The third-order valence-electron chi connectivity index (χ3n) is 3.12. The van der Waals surface area contributed by atoms with Crippen molar-refractivity contribution >= 4 is 5.82 Å². The topological polar surface area (TPSA) is 54.4 Å². The van der Waals surface area contributed by atoms with Crippen LogP contribution in [0.3, 0.4) is 0 Å². The van der Waals surface area contributed by atoms with Crippen molar-refractivity contribution in [1.82, 2.24) is 4.98 Å². The molecular weight excluding hydrogens is 235 g/mol. The molecule has 0 radical (unpaired) electrons. The molecule has 0 aromatic carbocycles. The van der Waals surface area contributed by atoms with E-state index in [4.69, 9.17) is 4.74 Å². The van der Waals surface area contributed by atoms with Gasteiger partial charge in [0.1, 0.15) is 12.7 Å². The maximum atomic E-state index is 14.8. The van der Waals surface area contributed by atoms with Gasteiger partial charge in [-0.25, -0.2) is 9.37 Å². The molecule has 1 aliphatic carbocycles. The number of alkyl halides is 1. The van der Waals surface area contributed by atoms with E-state index in [0.717, 1.165) is 0 Å². The van der Waals surface area contributed by atoms with Crippen LogP contribution >= 0.6 is 0 Å². The van der Waals surface area contributed by atoms with Crippen molar-refractivity contribution in [2.75, 3.05) is 18.5 Å². The van der Waals surface area contributed by atoms with Crippen LogP contribution < -0.4 is 10.1 Å². The fourth-order valence-corrected chi connectivity index (χ4v) is 2.10. The molecule has 0 spiro atoms. The number of aliphatic hydroxyl groups is 1. The van der Waals surface area contributed by atoms with Crippen molar-refractivity contribution in [1.29, 1.82) is 0 Å². The zero-order chi connectivity index (χ0) is 12.6. The van der Waals surface area contributed by atoms with E-state index in [0.29, 0.717) is 24.7 Å². The van der Waals surface area contributed by atoms with Gasteiger partial charge >= 0.3 is 0 Å². The van der Waals surface area contributed by atoms with Gasteiger partial charge in [0.15, 0.2) is 17.2 Å². The minimum atomic E-state index is -1.95. The first-order valence-electron chi connectivity index (χ1n) is 5.80. The number of nitrogens with zero attached hydrogens (tertiary/aromatic N) is 1. The van der Waals surface area contributed by atoms with E-state index in [9.17, 15) is 9.50 Å². The first-order valence-corrected chi connectivity index (χ1v) is 5.80. The van der Waals surface area contributed by atoms with Crippen LogP contribution in [0.25, 0.3) is 0 Å². The lowest BCUT2D eigenvalue weighted by Crippen LogP contribution is -2.33. The summed E-state index contributed by atoms with van der Waals surface area (Å²) in [5.74, 6) is 1.13. The van der Waals surface area contributed by atoms with Gasteiger partial charge in [-0.2, -0.15) is 0 Å². The van der Waals surface area contributed by atoms with Gasteiger partial charge in [0.2, 0.25) is 0 Å². The number of aromatic nitrogens is 1. The quantitative estimate of drug-likeness (QED) is 0.791. The first-order chi connectivity index (χ1) is 8.70. The number of rotatable bonds is 1. The monoisotopic (exact) mass is 248 g/mol. The highest BCUT2D eigenvalue weighted by atomic mass is 19.1. The molecule has 2 aliphatic rings. The molecule has 2 heterocycles. The predicted molar refractivity (Wildman–Crippen MR) is 65.3 cm³/mol. The summed E-state index contributed by atoms with van der Waals surface area (Å²) in [6, 6.07) is 1.58. The normalized spacial score (nSPS) is 29.3. The van der Waals surface area contributed by atoms with Crippen LogP contribution in [0.4, 0.5) is 10.2 Å². The fraction of sp³-hybridized carbons (Fsp3) is 0.308. The summed E-state index contributed by atoms with van der Waals surface area (Å²) in [7, 11) is 0. The Morgan fingerprint density at radius 2 is 2.39 bits per heavy atom. The zero-order valence-corrected chi connectivity index (χ0v) is 9.64. The Morgan fingerprint density at radius 3 is 3.22 bits per heavy atom. The smallest absolute Gasteiger partial charge is 0.185 e. The van der Waals surface area contributed by atoms with Gasteiger partial charge in [-0.05, 0) is 12.1 Å². The molecule has 0 amide bonds. The Balaban J connectivity index is 2.02. The summed E-state index contributed by atoms with van der Waals surface area (Å²) in [6.07, 6.45) is 6.15. The lowest BCUT2D eigenvalue weighted by atomic mass is 9.87. The van der Waals surface area contributed by atoms with E-state index in [1.165, 1.54) is 18.3 Å². The van der Waals surface area contributed by atoms with E-state index in [1.807, 2.05) is 0 Å². The van der Waals surface area contributed by atoms with Crippen molar-refractivity contribution < 1.29 is 14.2 Å². The summed E-state index contributed by atoms with van der Waals surface area (Å²) in [4.78, 5) is 4.13. The van der Waals surface area contributed by atoms with Gasteiger partial charge in [0.05, 0.1) is 6.54 Å². The van der Waals surface area contributed by atoms with Gasteiger partial charge in [-0.1, -0.05) is 18.2 Å². The zero-order valence-electron chi connectivity index (χ0n) is 9.64. The highest BCUT2D eigenvalue weighted by Gasteiger charge is 2.38. The minimum Gasteiger partial charge on any atom is -0.488 e. The molecule has 0 fully saturated rings. The fourth-order valence-electron chi connectivity index (χ4n) is 2.10. The summed E-state index contributed by atoms with van der Waals surface area (Å²) < 4.78 is 20.2. The number of hydrogen-bond donors (Lipinski definition) is 2. The molecule has 0 saturated carbocycles. The van der Waals surface area contributed by atoms with Crippen molar-refractivity contribution in [3.63, 3.8) is 0 Å². The second kappa shape index (κ2) is 4.10. The molecule has 94 valence electrons. The molecular formula is C13H13FN2O2. The molecule has 1 aromatic rings. The Kier molecular flexibility index (Phi) is 2.56. The van der Waals surface area contributed by atoms with E-state index >= 15 is 0 Å². The number of aliphatic hydroxyl groups excluding tert-OH is 1. The van der Waals surface area contributed by atoms with Crippen molar-refractivity contribution in [2.24, 2.45) is 0 Å². The number of halogens is 1. The molecule has 0 saturated heterocycles. The number of fused-ring (bicyclic) bond motifs is 1. The molecule has 2 atom stereocenters. The predicted octanol–water partition coefficient (Wildman–Crippen LogP) is 1.54. The van der Waals surface area contributed by atoms with Gasteiger partial charge in [0.25, 0.3) is 0 Å². The second-order valence-electron chi connectivity index (χ2n) is 4.30. The number of nitrogens with one attached hydrogen (secondary N) is 1. The Bertz CT molecular complexity index is 530. The summed E-state index contributed by atoms with van der Waals surface area (Å²) >= 11 is 0. The highest BCUT2D eigenvalue weighted by molar-refractivity contribution is 5.54. The van der Waals surface area contributed by atoms with Crippen LogP contribution in [0, 0.1) is 0 Å². The largest absolute Gasteiger partial charge is 0.488 e. The van der Waals surface area contributed by atoms with Crippen molar-refractivity contribution in [2.45, 2.75) is 11.8 Å². The van der Waals surface area contributed by atoms with E-state index in [2.05, 4.69) is 10.3 Å². The van der Waals surface area contributed by atoms with Crippen molar-refractivity contribution in [3.05, 3.63) is 42.1 Å². The van der Waals surface area contributed by atoms with Gasteiger partial charge in [-0.3, -0.25) is 0 Å². The standard InChI is InChI=1S/C13H13FN2O2/c14-13(4-2-1-3-11(13)17)9-7-10-12(16-8-9)15-5-6-18-10/h1-4,7-8,11,17H,5-6H2,(H,15,16). The van der Waals surface area contributed by atoms with Crippen LogP contribution in [0.1, 0.15) is 5.56 Å². The highest BCUT2D eigenvalue weighted by Crippen LogP contribution is 2.37. The molecule has 3 rings (SSSR count). The molecule has 18 heavy (non-hydrogen) atoms. The molecule has 0 bridgehead atoms. The number of anilines is 1. The number of pyridine rings is 1. The molecule has 2 unspecified atom stereocenters. The number of hydrogen-bond acceptors (Lipinski definition) is 4. The van der Waals surface area contributed by atoms with E-state index in [-0.39, 0.29) is 5.56 Å². The molecule has 1 aromatic heterocycles. The molecule has 5 heteroatoms. The van der Waals surface area contributed by atoms with Gasteiger partial charge in [0, 0.05) is 11.8 Å². The second-order valence-corrected chi connectivity index (χ2v) is 4.30. The SMILES string of the molecule is OC1C=CC=CC1(F)c1cnc2c(c1)OCCN2. The third-order valence-corrected chi connectivity index (χ3v) is 3.12.